The second kappa shape index (κ2) is 11.1. The van der Waals surface area contributed by atoms with Crippen LogP contribution in [0.3, 0.4) is 0 Å². The molecule has 1 amide bonds. The monoisotopic (exact) mass is 526 g/mol. The van der Waals surface area contributed by atoms with Crippen molar-refractivity contribution in [1.82, 2.24) is 0 Å². The molecule has 3 aromatic rings. The minimum atomic E-state index is -0.549. The summed E-state index contributed by atoms with van der Waals surface area (Å²) in [6.45, 7) is 4.04. The number of carbonyl (C=O) groups excluding carboxylic acids is 1. The number of ether oxygens (including phenoxy) is 1. The standard InChI is InChI=1S/C26H21BrClFN2O2/c1-3-33-25-13-17(12-21(27)20(25)14-18-7-4-5-9-23(18)29)11-19(15-30)26(32)31-24-10-6-8-22(28)16(24)2/h4-13H,3,14H2,1-2H3,(H,31,32)/b19-11+. The Balaban J connectivity index is 1.94. The molecule has 3 aromatic carbocycles. The van der Waals surface area contributed by atoms with Crippen molar-refractivity contribution in [3.8, 4) is 11.8 Å². The molecule has 0 bridgehead atoms. The number of anilines is 1. The van der Waals surface area contributed by atoms with E-state index < -0.39 is 5.91 Å². The number of nitrogens with one attached hydrogen (secondary N) is 1. The van der Waals surface area contributed by atoms with E-state index >= 15 is 0 Å². The Morgan fingerprint density at radius 2 is 2.00 bits per heavy atom. The Kier molecular flexibility index (Phi) is 8.26. The number of halogens is 3. The highest BCUT2D eigenvalue weighted by molar-refractivity contribution is 9.10. The highest BCUT2D eigenvalue weighted by Gasteiger charge is 2.16. The second-order valence-electron chi connectivity index (χ2n) is 7.22. The number of benzene rings is 3. The molecule has 7 heteroatoms. The highest BCUT2D eigenvalue weighted by atomic mass is 79.9. The van der Waals surface area contributed by atoms with E-state index in [-0.39, 0.29) is 11.4 Å². The van der Waals surface area contributed by atoms with Gasteiger partial charge in [-0.1, -0.05) is 51.8 Å². The van der Waals surface area contributed by atoms with Gasteiger partial charge in [0.1, 0.15) is 23.2 Å². The summed E-state index contributed by atoms with van der Waals surface area (Å²) >= 11 is 9.65. The summed E-state index contributed by atoms with van der Waals surface area (Å²) in [5.41, 5.74) is 3.07. The highest BCUT2D eigenvalue weighted by Crippen LogP contribution is 2.33. The third-order valence-electron chi connectivity index (χ3n) is 4.99. The van der Waals surface area contributed by atoms with E-state index in [0.29, 0.717) is 50.7 Å². The number of hydrogen-bond acceptors (Lipinski definition) is 3. The minimum absolute atomic E-state index is 0.0782. The fourth-order valence-electron chi connectivity index (χ4n) is 3.25. The van der Waals surface area contributed by atoms with Crippen molar-refractivity contribution in [2.75, 3.05) is 11.9 Å². The lowest BCUT2D eigenvalue weighted by atomic mass is 10.0. The van der Waals surface area contributed by atoms with E-state index in [2.05, 4.69) is 21.2 Å². The van der Waals surface area contributed by atoms with Crippen molar-refractivity contribution in [2.24, 2.45) is 0 Å². The van der Waals surface area contributed by atoms with E-state index in [1.54, 1.807) is 55.5 Å². The number of hydrogen-bond donors (Lipinski definition) is 1. The topological polar surface area (TPSA) is 62.1 Å². The molecular formula is C26H21BrClFN2O2. The summed E-state index contributed by atoms with van der Waals surface area (Å²) in [5, 5.41) is 12.8. The first-order valence-electron chi connectivity index (χ1n) is 10.2. The van der Waals surface area contributed by atoms with Gasteiger partial charge in [-0.25, -0.2) is 4.39 Å². The maximum atomic E-state index is 14.2. The molecule has 1 N–H and O–H groups in total. The van der Waals surface area contributed by atoms with Gasteiger partial charge in [0.05, 0.1) is 6.61 Å². The molecular weight excluding hydrogens is 507 g/mol. The molecule has 0 spiro atoms. The fraction of sp³-hybridized carbons (Fsp3) is 0.154. The Morgan fingerprint density at radius 1 is 1.24 bits per heavy atom. The van der Waals surface area contributed by atoms with Crippen LogP contribution in [0.1, 0.15) is 29.2 Å². The molecule has 0 aliphatic carbocycles. The van der Waals surface area contributed by atoms with Crippen molar-refractivity contribution in [3.05, 3.63) is 97.7 Å². The number of nitriles is 1. The zero-order chi connectivity index (χ0) is 24.0. The van der Waals surface area contributed by atoms with Crippen LogP contribution in [0, 0.1) is 24.1 Å². The van der Waals surface area contributed by atoms with Gasteiger partial charge in [0.15, 0.2) is 0 Å². The summed E-state index contributed by atoms with van der Waals surface area (Å²) in [4.78, 5) is 12.7. The molecule has 0 radical (unpaired) electrons. The van der Waals surface area contributed by atoms with Gasteiger partial charge in [-0.3, -0.25) is 4.79 Å². The smallest absolute Gasteiger partial charge is 0.266 e. The normalized spacial score (nSPS) is 11.1. The summed E-state index contributed by atoms with van der Waals surface area (Å²) in [6, 6.07) is 17.2. The van der Waals surface area contributed by atoms with Gasteiger partial charge in [-0.05, 0) is 66.9 Å². The summed E-state index contributed by atoms with van der Waals surface area (Å²) in [5.74, 6) is -0.298. The van der Waals surface area contributed by atoms with Crippen LogP contribution < -0.4 is 10.1 Å². The summed E-state index contributed by atoms with van der Waals surface area (Å²) in [6.07, 6.45) is 1.81. The quantitative estimate of drug-likeness (QED) is 0.264. The molecule has 0 aliphatic heterocycles. The minimum Gasteiger partial charge on any atom is -0.494 e. The van der Waals surface area contributed by atoms with E-state index in [1.807, 2.05) is 13.0 Å². The van der Waals surface area contributed by atoms with Gasteiger partial charge < -0.3 is 10.1 Å². The van der Waals surface area contributed by atoms with Crippen LogP contribution in [0.5, 0.6) is 5.75 Å². The third-order valence-corrected chi connectivity index (χ3v) is 6.11. The number of nitrogens with zero attached hydrogens (tertiary/aromatic N) is 1. The van der Waals surface area contributed by atoms with Gasteiger partial charge in [0, 0.05) is 27.2 Å². The lowest BCUT2D eigenvalue weighted by Gasteiger charge is -2.14. The molecule has 0 fully saturated rings. The zero-order valence-electron chi connectivity index (χ0n) is 18.1. The zero-order valence-corrected chi connectivity index (χ0v) is 20.4. The van der Waals surface area contributed by atoms with Gasteiger partial charge in [-0.15, -0.1) is 0 Å². The van der Waals surface area contributed by atoms with Crippen LogP contribution in [0.4, 0.5) is 10.1 Å². The predicted molar refractivity (Wildman–Crippen MR) is 133 cm³/mol. The van der Waals surface area contributed by atoms with Crippen LogP contribution in [0.25, 0.3) is 6.08 Å². The predicted octanol–water partition coefficient (Wildman–Crippen LogP) is 7.09. The van der Waals surface area contributed by atoms with E-state index in [4.69, 9.17) is 16.3 Å². The molecule has 0 saturated heterocycles. The van der Waals surface area contributed by atoms with Crippen LogP contribution in [-0.2, 0) is 11.2 Å². The van der Waals surface area contributed by atoms with E-state index in [0.717, 1.165) is 5.56 Å². The lowest BCUT2D eigenvalue weighted by Crippen LogP contribution is -2.14. The molecule has 0 unspecified atom stereocenters. The van der Waals surface area contributed by atoms with Crippen LogP contribution in [0.2, 0.25) is 5.02 Å². The Morgan fingerprint density at radius 3 is 2.70 bits per heavy atom. The van der Waals surface area contributed by atoms with Crippen LogP contribution in [0.15, 0.2) is 64.6 Å². The first kappa shape index (κ1) is 24.5. The largest absolute Gasteiger partial charge is 0.494 e. The summed E-state index contributed by atoms with van der Waals surface area (Å²) < 4.78 is 20.7. The Labute approximate surface area is 205 Å². The van der Waals surface area contributed by atoms with Crippen molar-refractivity contribution < 1.29 is 13.9 Å². The van der Waals surface area contributed by atoms with E-state index in [9.17, 15) is 14.4 Å². The lowest BCUT2D eigenvalue weighted by molar-refractivity contribution is -0.112. The van der Waals surface area contributed by atoms with Gasteiger partial charge in [0.25, 0.3) is 5.91 Å². The SMILES string of the molecule is CCOc1cc(/C=C(\C#N)C(=O)Nc2cccc(Cl)c2C)cc(Br)c1Cc1ccccc1F. The molecule has 33 heavy (non-hydrogen) atoms. The average Bonchev–Trinajstić information content (AvgIpc) is 2.79. The molecule has 4 nitrogen and oxygen atoms in total. The van der Waals surface area contributed by atoms with Gasteiger partial charge in [0.2, 0.25) is 0 Å². The first-order chi connectivity index (χ1) is 15.8. The summed E-state index contributed by atoms with van der Waals surface area (Å²) in [7, 11) is 0. The number of rotatable bonds is 7. The molecule has 3 rings (SSSR count). The molecule has 0 saturated carbocycles. The van der Waals surface area contributed by atoms with Crippen molar-refractivity contribution in [1.29, 1.82) is 5.26 Å². The van der Waals surface area contributed by atoms with Crippen molar-refractivity contribution in [2.45, 2.75) is 20.3 Å². The maximum absolute atomic E-state index is 14.2. The Hall–Kier alpha value is -3.14. The number of amides is 1. The van der Waals surface area contributed by atoms with Crippen LogP contribution in [-0.4, -0.2) is 12.5 Å². The fourth-order valence-corrected chi connectivity index (χ4v) is 4.02. The average molecular weight is 528 g/mol. The third kappa shape index (κ3) is 6.01. The maximum Gasteiger partial charge on any atom is 0.266 e. The molecule has 0 aliphatic rings. The molecule has 0 atom stereocenters. The van der Waals surface area contributed by atoms with Gasteiger partial charge in [-0.2, -0.15) is 5.26 Å². The molecule has 168 valence electrons. The van der Waals surface area contributed by atoms with Gasteiger partial charge >= 0.3 is 0 Å². The van der Waals surface area contributed by atoms with E-state index in [1.165, 1.54) is 12.1 Å². The van der Waals surface area contributed by atoms with Crippen molar-refractivity contribution >= 4 is 45.2 Å². The first-order valence-corrected chi connectivity index (χ1v) is 11.4. The number of carbonyl (C=O) groups is 1. The Bertz CT molecular complexity index is 1270. The second-order valence-corrected chi connectivity index (χ2v) is 8.48. The van der Waals surface area contributed by atoms with Crippen LogP contribution >= 0.6 is 27.5 Å². The molecule has 0 aromatic heterocycles. The van der Waals surface area contributed by atoms with Crippen molar-refractivity contribution in [3.63, 3.8) is 0 Å². The molecule has 0 heterocycles.